The lowest BCUT2D eigenvalue weighted by Crippen LogP contribution is -2.49. The summed E-state index contributed by atoms with van der Waals surface area (Å²) < 4.78 is 0. The first kappa shape index (κ1) is 11.3. The lowest BCUT2D eigenvalue weighted by molar-refractivity contribution is -0.143. The molecule has 1 saturated heterocycles. The molecule has 1 aromatic rings. The van der Waals surface area contributed by atoms with E-state index in [1.54, 1.807) is 29.2 Å². The first-order valence-electron chi connectivity index (χ1n) is 6.29. The van der Waals surface area contributed by atoms with Gasteiger partial charge in [0, 0.05) is 11.6 Å². The summed E-state index contributed by atoms with van der Waals surface area (Å²) in [6.45, 7) is 0. The molecule has 1 N–H and O–H groups in total. The Morgan fingerprint density at radius 2 is 1.89 bits per heavy atom. The highest BCUT2D eigenvalue weighted by Crippen LogP contribution is 2.43. The van der Waals surface area contributed by atoms with Gasteiger partial charge < -0.3 is 10.0 Å². The van der Waals surface area contributed by atoms with Crippen molar-refractivity contribution in [1.82, 2.24) is 4.90 Å². The molecule has 1 saturated carbocycles. The van der Waals surface area contributed by atoms with Crippen LogP contribution in [0.15, 0.2) is 30.3 Å². The summed E-state index contributed by atoms with van der Waals surface area (Å²) in [5.74, 6) is -0.873. The van der Waals surface area contributed by atoms with Gasteiger partial charge in [-0.1, -0.05) is 18.2 Å². The van der Waals surface area contributed by atoms with Gasteiger partial charge >= 0.3 is 5.97 Å². The molecule has 94 valence electrons. The lowest BCUT2D eigenvalue weighted by atomic mass is 9.98. The molecule has 2 fully saturated rings. The van der Waals surface area contributed by atoms with Gasteiger partial charge in [-0.2, -0.15) is 0 Å². The van der Waals surface area contributed by atoms with E-state index in [1.165, 1.54) is 0 Å². The van der Waals surface area contributed by atoms with E-state index in [4.69, 9.17) is 0 Å². The molecular weight excluding hydrogens is 230 g/mol. The van der Waals surface area contributed by atoms with Crippen LogP contribution in [0.3, 0.4) is 0 Å². The Hall–Kier alpha value is -1.84. The van der Waals surface area contributed by atoms with E-state index in [-0.39, 0.29) is 17.9 Å². The van der Waals surface area contributed by atoms with Gasteiger partial charge in [0.2, 0.25) is 0 Å². The number of amides is 1. The van der Waals surface area contributed by atoms with Crippen LogP contribution in [0.5, 0.6) is 0 Å². The van der Waals surface area contributed by atoms with Gasteiger partial charge in [0.25, 0.3) is 5.91 Å². The summed E-state index contributed by atoms with van der Waals surface area (Å²) >= 11 is 0. The second-order valence-electron chi connectivity index (χ2n) is 5.09. The zero-order valence-corrected chi connectivity index (χ0v) is 9.95. The number of likely N-dealkylation sites (tertiary alicyclic amines) is 1. The number of carboxylic acid groups (broad SMARTS) is 1. The van der Waals surface area contributed by atoms with Gasteiger partial charge in [-0.3, -0.25) is 4.79 Å². The molecule has 1 aliphatic heterocycles. The molecule has 4 heteroatoms. The number of aliphatic carboxylic acids is 1. The van der Waals surface area contributed by atoms with Gasteiger partial charge in [-0.25, -0.2) is 4.79 Å². The summed E-state index contributed by atoms with van der Waals surface area (Å²) in [7, 11) is 0. The molecule has 1 aromatic carbocycles. The number of carbonyl (C=O) groups is 2. The number of rotatable bonds is 2. The molecule has 3 atom stereocenters. The second-order valence-corrected chi connectivity index (χ2v) is 5.09. The molecule has 18 heavy (non-hydrogen) atoms. The van der Waals surface area contributed by atoms with Gasteiger partial charge in [-0.05, 0) is 37.3 Å². The van der Waals surface area contributed by atoms with Crippen LogP contribution < -0.4 is 0 Å². The lowest BCUT2D eigenvalue weighted by Gasteiger charge is -2.32. The quantitative estimate of drug-likeness (QED) is 0.863. The minimum atomic E-state index is -0.869. The fourth-order valence-electron chi connectivity index (χ4n) is 3.33. The van der Waals surface area contributed by atoms with E-state index in [1.807, 2.05) is 6.07 Å². The van der Waals surface area contributed by atoms with Crippen molar-refractivity contribution in [2.45, 2.75) is 31.3 Å². The maximum atomic E-state index is 12.4. The van der Waals surface area contributed by atoms with Gasteiger partial charge in [0.15, 0.2) is 0 Å². The van der Waals surface area contributed by atoms with Crippen LogP contribution in [-0.4, -0.2) is 34.0 Å². The van der Waals surface area contributed by atoms with Crippen LogP contribution in [0, 0.1) is 5.92 Å². The molecule has 3 rings (SSSR count). The zero-order valence-electron chi connectivity index (χ0n) is 9.95. The number of carbonyl (C=O) groups excluding carboxylic acids is 1. The molecule has 1 aliphatic carbocycles. The van der Waals surface area contributed by atoms with Crippen LogP contribution in [0.4, 0.5) is 0 Å². The summed E-state index contributed by atoms with van der Waals surface area (Å²) in [5, 5.41) is 9.31. The molecule has 0 spiro atoms. The molecule has 2 bridgehead atoms. The first-order chi connectivity index (χ1) is 8.68. The monoisotopic (exact) mass is 245 g/mol. The molecule has 2 aliphatic rings. The number of piperidine rings is 1. The van der Waals surface area contributed by atoms with Crippen LogP contribution in [-0.2, 0) is 4.79 Å². The number of hydrogen-bond donors (Lipinski definition) is 1. The Balaban J connectivity index is 1.91. The highest BCUT2D eigenvalue weighted by atomic mass is 16.4. The third-order valence-electron chi connectivity index (χ3n) is 4.09. The smallest absolute Gasteiger partial charge is 0.326 e. The van der Waals surface area contributed by atoms with Crippen molar-refractivity contribution in [3.8, 4) is 0 Å². The second kappa shape index (κ2) is 4.12. The molecule has 0 unspecified atom stereocenters. The van der Waals surface area contributed by atoms with Gasteiger partial charge in [0.05, 0.1) is 0 Å². The highest BCUT2D eigenvalue weighted by Gasteiger charge is 2.51. The molecular formula is C14H15NO3. The Morgan fingerprint density at radius 3 is 2.56 bits per heavy atom. The standard InChI is InChI=1S/C14H15NO3/c16-13(9-4-2-1-3-5-9)15-11-7-6-10(8-11)12(15)14(17)18/h1-5,10-12H,6-8H2,(H,17,18)/t10-,11-,12+/m0/s1. The van der Waals surface area contributed by atoms with Crippen LogP contribution in [0.25, 0.3) is 0 Å². The topological polar surface area (TPSA) is 57.6 Å². The highest BCUT2D eigenvalue weighted by molar-refractivity contribution is 5.97. The number of benzene rings is 1. The minimum absolute atomic E-state index is 0.115. The number of nitrogens with zero attached hydrogens (tertiary/aromatic N) is 1. The van der Waals surface area contributed by atoms with Crippen molar-refractivity contribution in [3.05, 3.63) is 35.9 Å². The van der Waals surface area contributed by atoms with Gasteiger partial charge in [-0.15, -0.1) is 0 Å². The Bertz CT molecular complexity index is 485. The minimum Gasteiger partial charge on any atom is -0.480 e. The fraction of sp³-hybridized carbons (Fsp3) is 0.429. The van der Waals surface area contributed by atoms with E-state index >= 15 is 0 Å². The molecule has 0 radical (unpaired) electrons. The van der Waals surface area contributed by atoms with E-state index < -0.39 is 12.0 Å². The Kier molecular flexibility index (Phi) is 2.58. The van der Waals surface area contributed by atoms with Crippen LogP contribution in [0.1, 0.15) is 29.6 Å². The Labute approximate surface area is 105 Å². The van der Waals surface area contributed by atoms with Gasteiger partial charge in [0.1, 0.15) is 6.04 Å². The van der Waals surface area contributed by atoms with Crippen molar-refractivity contribution in [2.24, 2.45) is 5.92 Å². The molecule has 4 nitrogen and oxygen atoms in total. The summed E-state index contributed by atoms with van der Waals surface area (Å²) in [6.07, 6.45) is 2.71. The van der Waals surface area contributed by atoms with Crippen molar-refractivity contribution in [2.75, 3.05) is 0 Å². The zero-order chi connectivity index (χ0) is 12.7. The third kappa shape index (κ3) is 1.60. The normalized spacial score (nSPS) is 29.6. The molecule has 1 heterocycles. The maximum Gasteiger partial charge on any atom is 0.326 e. The average molecular weight is 245 g/mol. The van der Waals surface area contributed by atoms with Crippen LogP contribution >= 0.6 is 0 Å². The number of hydrogen-bond acceptors (Lipinski definition) is 2. The van der Waals surface area contributed by atoms with Crippen molar-refractivity contribution in [3.63, 3.8) is 0 Å². The summed E-state index contributed by atoms with van der Waals surface area (Å²) in [4.78, 5) is 25.3. The summed E-state index contributed by atoms with van der Waals surface area (Å²) in [5.41, 5.74) is 0.580. The summed E-state index contributed by atoms with van der Waals surface area (Å²) in [6, 6.07) is 8.43. The largest absolute Gasteiger partial charge is 0.480 e. The maximum absolute atomic E-state index is 12.4. The van der Waals surface area contributed by atoms with Crippen LogP contribution in [0.2, 0.25) is 0 Å². The molecule has 0 aromatic heterocycles. The molecule has 1 amide bonds. The Morgan fingerprint density at radius 1 is 1.17 bits per heavy atom. The first-order valence-corrected chi connectivity index (χ1v) is 6.29. The van der Waals surface area contributed by atoms with Crippen molar-refractivity contribution >= 4 is 11.9 Å². The third-order valence-corrected chi connectivity index (χ3v) is 4.09. The van der Waals surface area contributed by atoms with E-state index in [0.29, 0.717) is 5.56 Å². The number of carboxylic acids is 1. The predicted octanol–water partition coefficient (Wildman–Crippen LogP) is 1.76. The van der Waals surface area contributed by atoms with Crippen molar-refractivity contribution < 1.29 is 14.7 Å². The van der Waals surface area contributed by atoms with E-state index in [9.17, 15) is 14.7 Å². The predicted molar refractivity (Wildman–Crippen MR) is 65.2 cm³/mol. The van der Waals surface area contributed by atoms with Crippen molar-refractivity contribution in [1.29, 1.82) is 0 Å². The fourth-order valence-corrected chi connectivity index (χ4v) is 3.33. The van der Waals surface area contributed by atoms with E-state index in [2.05, 4.69) is 0 Å². The SMILES string of the molecule is O=C(O)[C@H]1[C@H]2CC[C@@H](C2)N1C(=O)c1ccccc1. The van der Waals surface area contributed by atoms with E-state index in [0.717, 1.165) is 19.3 Å². The number of fused-ring (bicyclic) bond motifs is 2. The average Bonchev–Trinajstić information content (AvgIpc) is 2.99.